The zero-order valence-electron chi connectivity index (χ0n) is 18.3. The van der Waals surface area contributed by atoms with E-state index in [4.69, 9.17) is 0 Å². The normalized spacial score (nSPS) is 18.3. The molecule has 0 radical (unpaired) electrons. The average molecular weight is 514 g/mol. The molecule has 2 amide bonds. The molecule has 0 spiro atoms. The number of anilines is 2. The molecule has 0 aliphatic heterocycles. The molecule has 3 atom stereocenters. The van der Waals surface area contributed by atoms with Gasteiger partial charge >= 0.3 is 5.97 Å². The highest BCUT2D eigenvalue weighted by atomic mass is 32.2. The third kappa shape index (κ3) is 5.94. The lowest BCUT2D eigenvalue weighted by molar-refractivity contribution is -0.146. The Bertz CT molecular complexity index is 1210. The zero-order valence-corrected chi connectivity index (χ0v) is 20.7. The predicted molar refractivity (Wildman–Crippen MR) is 137 cm³/mol. The summed E-state index contributed by atoms with van der Waals surface area (Å²) in [5, 5.41) is 19.2. The fourth-order valence-corrected chi connectivity index (χ4v) is 5.99. The predicted octanol–water partition coefficient (Wildman–Crippen LogP) is 5.60. The monoisotopic (exact) mass is 513 g/mol. The second-order valence-corrected chi connectivity index (χ2v) is 11.0. The molecule has 34 heavy (non-hydrogen) atoms. The van der Waals surface area contributed by atoms with E-state index >= 15 is 0 Å². The lowest BCUT2D eigenvalue weighted by Crippen LogP contribution is -2.34. The quantitative estimate of drug-likeness (QED) is 0.267. The number of hydrogen-bond donors (Lipinski definition) is 3. The summed E-state index contributed by atoms with van der Waals surface area (Å²) in [5.41, 5.74) is 1.42. The van der Waals surface area contributed by atoms with E-state index in [0.717, 1.165) is 15.5 Å². The number of nitrogens with zero attached hydrogens (tertiary/aromatic N) is 1. The van der Waals surface area contributed by atoms with Crippen molar-refractivity contribution in [1.82, 2.24) is 4.98 Å². The largest absolute Gasteiger partial charge is 0.481 e. The number of benzene rings is 1. The van der Waals surface area contributed by atoms with Crippen molar-refractivity contribution in [3.05, 3.63) is 59.3 Å². The molecule has 10 heteroatoms. The third-order valence-electron chi connectivity index (χ3n) is 5.38. The Kier molecular flexibility index (Phi) is 7.81. The van der Waals surface area contributed by atoms with Gasteiger partial charge in [0, 0.05) is 16.0 Å². The Labute approximate surface area is 209 Å². The number of amides is 2. The minimum absolute atomic E-state index is 0.162. The van der Waals surface area contributed by atoms with E-state index in [1.807, 2.05) is 42.0 Å². The van der Waals surface area contributed by atoms with Crippen molar-refractivity contribution in [2.45, 2.75) is 29.9 Å². The summed E-state index contributed by atoms with van der Waals surface area (Å²) in [5.74, 6) is -2.77. The molecular formula is C24H23N3O4S3. The molecule has 2 aromatic heterocycles. The number of thiazole rings is 1. The first-order valence-corrected chi connectivity index (χ1v) is 13.3. The van der Waals surface area contributed by atoms with Crippen LogP contribution in [0.5, 0.6) is 0 Å². The molecule has 4 rings (SSSR count). The van der Waals surface area contributed by atoms with Gasteiger partial charge in [-0.15, -0.1) is 34.4 Å². The van der Waals surface area contributed by atoms with Crippen LogP contribution in [0.15, 0.2) is 64.2 Å². The van der Waals surface area contributed by atoms with Crippen molar-refractivity contribution in [3.8, 4) is 10.6 Å². The van der Waals surface area contributed by atoms with Crippen molar-refractivity contribution >= 4 is 63.0 Å². The van der Waals surface area contributed by atoms with Crippen LogP contribution >= 0.6 is 34.4 Å². The summed E-state index contributed by atoms with van der Waals surface area (Å²) in [6.07, 6.45) is 4.41. The van der Waals surface area contributed by atoms with Crippen LogP contribution in [0.4, 0.5) is 10.8 Å². The van der Waals surface area contributed by atoms with Gasteiger partial charge in [0.15, 0.2) is 5.13 Å². The van der Waals surface area contributed by atoms with Gasteiger partial charge in [-0.05, 0) is 49.4 Å². The summed E-state index contributed by atoms with van der Waals surface area (Å²) in [6.45, 7) is 1.81. The van der Waals surface area contributed by atoms with Gasteiger partial charge in [-0.3, -0.25) is 14.4 Å². The van der Waals surface area contributed by atoms with E-state index < -0.39 is 17.8 Å². The van der Waals surface area contributed by atoms with Gasteiger partial charge in [-0.2, -0.15) is 0 Å². The summed E-state index contributed by atoms with van der Waals surface area (Å²) in [6, 6.07) is 11.2. The minimum atomic E-state index is -0.962. The van der Waals surface area contributed by atoms with E-state index in [1.54, 1.807) is 35.6 Å². The van der Waals surface area contributed by atoms with Gasteiger partial charge in [0.2, 0.25) is 11.8 Å². The number of aliphatic carboxylic acids is 1. The third-order valence-corrected chi connectivity index (χ3v) is 8.12. The number of rotatable bonds is 8. The SMILES string of the molecule is CC(Sc1cccc(NC(=O)C2CC=CCC2C(=O)O)c1)C(=O)Nc1nc(-c2cccs2)cs1. The van der Waals surface area contributed by atoms with Gasteiger partial charge in [0.05, 0.1) is 27.7 Å². The van der Waals surface area contributed by atoms with Crippen LogP contribution in [-0.2, 0) is 14.4 Å². The highest BCUT2D eigenvalue weighted by Crippen LogP contribution is 2.31. The molecule has 176 valence electrons. The van der Waals surface area contributed by atoms with E-state index in [9.17, 15) is 19.5 Å². The van der Waals surface area contributed by atoms with E-state index in [0.29, 0.717) is 23.7 Å². The van der Waals surface area contributed by atoms with Gasteiger partial charge in [0.25, 0.3) is 0 Å². The van der Waals surface area contributed by atoms with Crippen molar-refractivity contribution in [1.29, 1.82) is 0 Å². The van der Waals surface area contributed by atoms with Crippen LogP contribution in [0.25, 0.3) is 10.6 Å². The highest BCUT2D eigenvalue weighted by Gasteiger charge is 2.34. The summed E-state index contributed by atoms with van der Waals surface area (Å²) < 4.78 is 0. The topological polar surface area (TPSA) is 108 Å². The second kappa shape index (κ2) is 11.0. The van der Waals surface area contributed by atoms with E-state index in [1.165, 1.54) is 23.1 Å². The number of carboxylic acids is 1. The van der Waals surface area contributed by atoms with Crippen LogP contribution in [0.1, 0.15) is 19.8 Å². The molecule has 7 nitrogen and oxygen atoms in total. The molecular weight excluding hydrogens is 490 g/mol. The van der Waals surface area contributed by atoms with Crippen molar-refractivity contribution in [2.24, 2.45) is 11.8 Å². The van der Waals surface area contributed by atoms with Crippen molar-refractivity contribution in [3.63, 3.8) is 0 Å². The van der Waals surface area contributed by atoms with Crippen LogP contribution in [0.2, 0.25) is 0 Å². The molecule has 2 heterocycles. The Hall–Kier alpha value is -2.95. The number of aromatic nitrogens is 1. The number of carbonyl (C=O) groups excluding carboxylic acids is 2. The molecule has 1 aromatic carbocycles. The number of nitrogens with one attached hydrogen (secondary N) is 2. The van der Waals surface area contributed by atoms with Crippen LogP contribution < -0.4 is 10.6 Å². The minimum Gasteiger partial charge on any atom is -0.481 e. The molecule has 0 saturated heterocycles. The molecule has 1 aliphatic rings. The Balaban J connectivity index is 1.35. The maximum Gasteiger partial charge on any atom is 0.307 e. The van der Waals surface area contributed by atoms with Crippen molar-refractivity contribution < 1.29 is 19.5 Å². The standard InChI is InChI=1S/C24H23N3O4S3/c1-14(21(28)27-24-26-19(13-33-24)20-10-5-11-32-20)34-16-7-4-6-15(12-16)25-22(29)17-8-2-3-9-18(17)23(30)31/h2-7,10-14,17-18H,8-9H2,1H3,(H,25,29)(H,30,31)(H,26,27,28). The van der Waals surface area contributed by atoms with E-state index in [2.05, 4.69) is 15.6 Å². The lowest BCUT2D eigenvalue weighted by Gasteiger charge is -2.24. The van der Waals surface area contributed by atoms with Gasteiger partial charge in [-0.25, -0.2) is 4.98 Å². The first-order valence-electron chi connectivity index (χ1n) is 10.7. The molecule has 3 unspecified atom stereocenters. The van der Waals surface area contributed by atoms with E-state index in [-0.39, 0.29) is 17.1 Å². The molecule has 1 aliphatic carbocycles. The van der Waals surface area contributed by atoms with Crippen LogP contribution in [0.3, 0.4) is 0 Å². The number of carboxylic acid groups (broad SMARTS) is 1. The second-order valence-electron chi connectivity index (χ2n) is 7.78. The number of thiophene rings is 1. The molecule has 0 saturated carbocycles. The highest BCUT2D eigenvalue weighted by molar-refractivity contribution is 8.00. The molecule has 3 aromatic rings. The van der Waals surface area contributed by atoms with Gasteiger partial charge in [0.1, 0.15) is 0 Å². The number of thioether (sulfide) groups is 1. The Morgan fingerprint density at radius 1 is 1.09 bits per heavy atom. The first-order chi connectivity index (χ1) is 16.4. The number of carbonyl (C=O) groups is 3. The fraction of sp³-hybridized carbons (Fsp3) is 0.250. The molecule has 0 bridgehead atoms. The average Bonchev–Trinajstić information content (AvgIpc) is 3.51. The zero-order chi connectivity index (χ0) is 24.1. The van der Waals surface area contributed by atoms with Crippen LogP contribution in [-0.4, -0.2) is 33.1 Å². The summed E-state index contributed by atoms with van der Waals surface area (Å²) >= 11 is 4.35. The van der Waals surface area contributed by atoms with Crippen LogP contribution in [0, 0.1) is 11.8 Å². The number of allylic oxidation sites excluding steroid dienone is 2. The Morgan fingerprint density at radius 3 is 2.62 bits per heavy atom. The summed E-state index contributed by atoms with van der Waals surface area (Å²) in [4.78, 5) is 43.3. The molecule has 0 fully saturated rings. The lowest BCUT2D eigenvalue weighted by atomic mass is 9.82. The number of hydrogen-bond acceptors (Lipinski definition) is 7. The van der Waals surface area contributed by atoms with Gasteiger partial charge in [-0.1, -0.05) is 24.3 Å². The maximum atomic E-state index is 12.7. The smallest absolute Gasteiger partial charge is 0.307 e. The summed E-state index contributed by atoms with van der Waals surface area (Å²) in [7, 11) is 0. The maximum absolute atomic E-state index is 12.7. The van der Waals surface area contributed by atoms with Crippen molar-refractivity contribution in [2.75, 3.05) is 10.6 Å². The fourth-order valence-electron chi connectivity index (χ4n) is 3.59. The first kappa shape index (κ1) is 24.2. The van der Waals surface area contributed by atoms with Gasteiger partial charge < -0.3 is 15.7 Å². The molecule has 3 N–H and O–H groups in total. The Morgan fingerprint density at radius 2 is 1.88 bits per heavy atom.